The first-order chi connectivity index (χ1) is 11.6. The Hall–Kier alpha value is -2.71. The SMILES string of the molecule is COCc1cnnn1-c1ncn2c3ccc(Cl)cc3c(=O)n(C)c12. The molecule has 0 atom stereocenters. The van der Waals surface area contributed by atoms with Gasteiger partial charge in [0, 0.05) is 19.2 Å². The lowest BCUT2D eigenvalue weighted by Gasteiger charge is -2.09. The van der Waals surface area contributed by atoms with E-state index < -0.39 is 0 Å². The average molecular weight is 345 g/mol. The van der Waals surface area contributed by atoms with Gasteiger partial charge in [-0.05, 0) is 18.2 Å². The minimum Gasteiger partial charge on any atom is -0.378 e. The number of fused-ring (bicyclic) bond motifs is 3. The standard InChI is InChI=1S/C15H13ClN6O2/c1-20-14-13(22-10(7-24-2)6-18-19-22)17-8-21(14)12-4-3-9(16)5-11(12)15(20)23/h3-6,8H,7H2,1-2H3. The predicted molar refractivity (Wildman–Crippen MR) is 88.6 cm³/mol. The lowest BCUT2D eigenvalue weighted by Crippen LogP contribution is -2.20. The summed E-state index contributed by atoms with van der Waals surface area (Å²) in [5, 5.41) is 9.01. The van der Waals surface area contributed by atoms with Crippen LogP contribution in [-0.2, 0) is 18.4 Å². The van der Waals surface area contributed by atoms with Crippen molar-refractivity contribution in [2.45, 2.75) is 6.61 Å². The molecule has 1 aromatic carbocycles. The lowest BCUT2D eigenvalue weighted by molar-refractivity contribution is 0.179. The van der Waals surface area contributed by atoms with E-state index in [1.807, 2.05) is 4.40 Å². The number of nitrogens with zero attached hydrogens (tertiary/aromatic N) is 6. The minimum absolute atomic E-state index is 0.157. The highest BCUT2D eigenvalue weighted by Gasteiger charge is 2.18. The fourth-order valence-corrected chi connectivity index (χ4v) is 2.99. The molecule has 0 bridgehead atoms. The Morgan fingerprint density at radius 1 is 1.33 bits per heavy atom. The normalized spacial score (nSPS) is 11.6. The molecule has 0 aliphatic rings. The van der Waals surface area contributed by atoms with Crippen molar-refractivity contribution in [2.75, 3.05) is 7.11 Å². The Bertz CT molecular complexity index is 1130. The van der Waals surface area contributed by atoms with Gasteiger partial charge in [0.1, 0.15) is 6.33 Å². The molecule has 0 spiro atoms. The summed E-state index contributed by atoms with van der Waals surface area (Å²) in [7, 11) is 3.28. The Morgan fingerprint density at radius 2 is 2.17 bits per heavy atom. The summed E-state index contributed by atoms with van der Waals surface area (Å²) in [6.07, 6.45) is 3.26. The highest BCUT2D eigenvalue weighted by molar-refractivity contribution is 6.31. The van der Waals surface area contributed by atoms with Gasteiger partial charge in [0.05, 0.1) is 29.4 Å². The van der Waals surface area contributed by atoms with Crippen molar-refractivity contribution in [1.29, 1.82) is 0 Å². The molecule has 0 saturated carbocycles. The maximum Gasteiger partial charge on any atom is 0.261 e. The van der Waals surface area contributed by atoms with E-state index in [1.165, 1.54) is 4.57 Å². The van der Waals surface area contributed by atoms with Crippen molar-refractivity contribution in [2.24, 2.45) is 7.05 Å². The highest BCUT2D eigenvalue weighted by atomic mass is 35.5. The lowest BCUT2D eigenvalue weighted by atomic mass is 10.2. The molecule has 3 aromatic heterocycles. The largest absolute Gasteiger partial charge is 0.378 e. The zero-order chi connectivity index (χ0) is 16.8. The van der Waals surface area contributed by atoms with E-state index in [0.29, 0.717) is 28.5 Å². The van der Waals surface area contributed by atoms with Gasteiger partial charge in [-0.3, -0.25) is 13.8 Å². The van der Waals surface area contributed by atoms with Gasteiger partial charge in [-0.1, -0.05) is 16.8 Å². The molecule has 122 valence electrons. The van der Waals surface area contributed by atoms with E-state index in [1.54, 1.807) is 49.6 Å². The van der Waals surface area contributed by atoms with Gasteiger partial charge in [-0.2, -0.15) is 4.68 Å². The number of aromatic nitrogens is 6. The zero-order valence-electron chi connectivity index (χ0n) is 13.0. The number of aryl methyl sites for hydroxylation is 1. The molecule has 0 fully saturated rings. The molecule has 4 aromatic rings. The number of hydrogen-bond donors (Lipinski definition) is 0. The number of ether oxygens (including phenoxy) is 1. The van der Waals surface area contributed by atoms with Gasteiger partial charge in [0.15, 0.2) is 11.5 Å². The molecule has 0 unspecified atom stereocenters. The second-order valence-corrected chi connectivity index (χ2v) is 5.79. The molecular formula is C15H13ClN6O2. The summed E-state index contributed by atoms with van der Waals surface area (Å²) in [6, 6.07) is 5.20. The zero-order valence-corrected chi connectivity index (χ0v) is 13.7. The number of hydrogen-bond acceptors (Lipinski definition) is 5. The number of imidazole rings is 1. The summed E-state index contributed by atoms with van der Waals surface area (Å²) in [5.74, 6) is 0.510. The van der Waals surface area contributed by atoms with Crippen LogP contribution in [0.2, 0.25) is 5.02 Å². The second-order valence-electron chi connectivity index (χ2n) is 5.36. The molecule has 0 aliphatic carbocycles. The van der Waals surface area contributed by atoms with E-state index in [0.717, 1.165) is 11.2 Å². The quantitative estimate of drug-likeness (QED) is 0.563. The molecule has 0 radical (unpaired) electrons. The van der Waals surface area contributed by atoms with Crippen LogP contribution in [0.25, 0.3) is 22.4 Å². The van der Waals surface area contributed by atoms with Crippen LogP contribution in [0, 0.1) is 0 Å². The maximum atomic E-state index is 12.7. The molecule has 0 saturated heterocycles. The summed E-state index contributed by atoms with van der Waals surface area (Å²) in [4.78, 5) is 17.1. The Morgan fingerprint density at radius 3 is 2.96 bits per heavy atom. The third kappa shape index (κ3) is 2.04. The predicted octanol–water partition coefficient (Wildman–Crippen LogP) is 1.57. The molecular weight excluding hydrogens is 332 g/mol. The first kappa shape index (κ1) is 14.9. The van der Waals surface area contributed by atoms with Crippen molar-refractivity contribution in [3.05, 3.63) is 51.8 Å². The summed E-state index contributed by atoms with van der Waals surface area (Å²) >= 11 is 6.03. The fraction of sp³-hybridized carbons (Fsp3) is 0.200. The van der Waals surface area contributed by atoms with Crippen molar-refractivity contribution < 1.29 is 4.74 Å². The molecule has 9 heteroatoms. The van der Waals surface area contributed by atoms with Gasteiger partial charge in [0.25, 0.3) is 5.56 Å². The molecule has 24 heavy (non-hydrogen) atoms. The summed E-state index contributed by atoms with van der Waals surface area (Å²) < 4.78 is 10.1. The van der Waals surface area contributed by atoms with E-state index in [9.17, 15) is 4.79 Å². The fourth-order valence-electron chi connectivity index (χ4n) is 2.82. The van der Waals surface area contributed by atoms with E-state index in [-0.39, 0.29) is 5.56 Å². The van der Waals surface area contributed by atoms with Crippen LogP contribution < -0.4 is 5.56 Å². The first-order valence-electron chi connectivity index (χ1n) is 7.16. The van der Waals surface area contributed by atoms with Gasteiger partial charge in [-0.25, -0.2) is 4.98 Å². The molecule has 0 aliphatic heterocycles. The highest BCUT2D eigenvalue weighted by Crippen LogP contribution is 2.21. The Balaban J connectivity index is 2.10. The van der Waals surface area contributed by atoms with Crippen LogP contribution in [0.3, 0.4) is 0 Å². The molecule has 3 heterocycles. The van der Waals surface area contributed by atoms with Crippen LogP contribution >= 0.6 is 11.6 Å². The van der Waals surface area contributed by atoms with Gasteiger partial charge in [0.2, 0.25) is 0 Å². The topological polar surface area (TPSA) is 79.2 Å². The van der Waals surface area contributed by atoms with Crippen molar-refractivity contribution in [1.82, 2.24) is 28.9 Å². The maximum absolute atomic E-state index is 12.7. The number of benzene rings is 1. The van der Waals surface area contributed by atoms with Crippen molar-refractivity contribution in [3.8, 4) is 5.82 Å². The monoisotopic (exact) mass is 344 g/mol. The van der Waals surface area contributed by atoms with Crippen LogP contribution in [0.15, 0.2) is 35.5 Å². The smallest absolute Gasteiger partial charge is 0.261 e. The summed E-state index contributed by atoms with van der Waals surface area (Å²) in [6.45, 7) is 0.336. The van der Waals surface area contributed by atoms with E-state index in [2.05, 4.69) is 15.3 Å². The molecule has 0 amide bonds. The van der Waals surface area contributed by atoms with E-state index in [4.69, 9.17) is 16.3 Å². The third-order valence-corrected chi connectivity index (χ3v) is 4.14. The van der Waals surface area contributed by atoms with Crippen molar-refractivity contribution in [3.63, 3.8) is 0 Å². The summed E-state index contributed by atoms with van der Waals surface area (Å²) in [5.41, 5.74) is 1.92. The van der Waals surface area contributed by atoms with Crippen LogP contribution in [0.1, 0.15) is 5.69 Å². The molecule has 4 rings (SSSR count). The van der Waals surface area contributed by atoms with E-state index >= 15 is 0 Å². The van der Waals surface area contributed by atoms with Crippen LogP contribution in [0.4, 0.5) is 0 Å². The third-order valence-electron chi connectivity index (χ3n) is 3.91. The minimum atomic E-state index is -0.157. The first-order valence-corrected chi connectivity index (χ1v) is 7.54. The molecule has 0 N–H and O–H groups in total. The van der Waals surface area contributed by atoms with Gasteiger partial charge >= 0.3 is 0 Å². The van der Waals surface area contributed by atoms with Gasteiger partial charge < -0.3 is 4.74 Å². The second kappa shape index (κ2) is 5.43. The average Bonchev–Trinajstić information content (AvgIpc) is 3.19. The van der Waals surface area contributed by atoms with Crippen molar-refractivity contribution >= 4 is 28.2 Å². The number of rotatable bonds is 3. The van der Waals surface area contributed by atoms with Gasteiger partial charge in [-0.15, -0.1) is 5.10 Å². The number of halogens is 1. The molecule has 8 nitrogen and oxygen atoms in total. The van der Waals surface area contributed by atoms with Crippen LogP contribution in [-0.4, -0.2) is 36.1 Å². The Kier molecular flexibility index (Phi) is 3.36. The van der Waals surface area contributed by atoms with Crippen LogP contribution in [0.5, 0.6) is 0 Å². The Labute approximate surface area is 140 Å². The number of methoxy groups -OCH3 is 1.